The van der Waals surface area contributed by atoms with Crippen LogP contribution in [0.25, 0.3) is 0 Å². The second-order valence-electron chi connectivity index (χ2n) is 4.45. The molecule has 1 atom stereocenters. The van der Waals surface area contributed by atoms with E-state index in [0.29, 0.717) is 25.3 Å². The van der Waals surface area contributed by atoms with E-state index < -0.39 is 11.6 Å². The molecule has 1 rings (SSSR count). The van der Waals surface area contributed by atoms with E-state index in [1.807, 2.05) is 6.92 Å². The number of benzene rings is 1. The molecule has 0 fully saturated rings. The molecule has 0 saturated carbocycles. The summed E-state index contributed by atoms with van der Waals surface area (Å²) in [6.45, 7) is 5.15. The number of nitrogens with one attached hydrogen (secondary N) is 1. The molecule has 0 radical (unpaired) electrons. The van der Waals surface area contributed by atoms with E-state index in [1.54, 1.807) is 25.0 Å². The summed E-state index contributed by atoms with van der Waals surface area (Å²) in [6.07, 6.45) is 0. The number of ether oxygens (including phenoxy) is 1. The first-order chi connectivity index (χ1) is 9.49. The molecule has 0 aromatic heterocycles. The summed E-state index contributed by atoms with van der Waals surface area (Å²) in [5.74, 6) is -1.10. The number of amides is 2. The number of methoxy groups -OCH3 is 1. The lowest BCUT2D eigenvalue weighted by Crippen LogP contribution is -2.42. The van der Waals surface area contributed by atoms with Crippen LogP contribution in [0.15, 0.2) is 18.2 Å². The lowest BCUT2D eigenvalue weighted by Gasteiger charge is -2.24. The van der Waals surface area contributed by atoms with Gasteiger partial charge in [-0.1, -0.05) is 6.07 Å². The Labute approximate surface area is 118 Å². The molecule has 0 aliphatic carbocycles. The maximum Gasteiger partial charge on any atom is 0.317 e. The third-order valence-electron chi connectivity index (χ3n) is 3.05. The molecular weight excluding hydrogens is 263 g/mol. The summed E-state index contributed by atoms with van der Waals surface area (Å²) < 4.78 is 18.2. The molecule has 2 N–H and O–H groups in total. The van der Waals surface area contributed by atoms with Crippen molar-refractivity contribution in [3.63, 3.8) is 0 Å². The lowest BCUT2D eigenvalue weighted by atomic mass is 10.1. The number of phenolic OH excluding ortho intramolecular Hbond substituents is 1. The molecule has 1 unspecified atom stereocenters. The third-order valence-corrected chi connectivity index (χ3v) is 3.05. The van der Waals surface area contributed by atoms with Crippen molar-refractivity contribution in [2.24, 2.45) is 0 Å². The Kier molecular flexibility index (Phi) is 6.24. The first-order valence-corrected chi connectivity index (χ1v) is 6.52. The van der Waals surface area contributed by atoms with Gasteiger partial charge in [-0.3, -0.25) is 0 Å². The zero-order valence-corrected chi connectivity index (χ0v) is 12.0. The van der Waals surface area contributed by atoms with Gasteiger partial charge in [-0.15, -0.1) is 0 Å². The minimum atomic E-state index is -0.699. The van der Waals surface area contributed by atoms with E-state index in [0.717, 1.165) is 0 Å². The highest BCUT2D eigenvalue weighted by atomic mass is 19.1. The maximum absolute atomic E-state index is 13.3. The molecule has 5 nitrogen and oxygen atoms in total. The van der Waals surface area contributed by atoms with Crippen molar-refractivity contribution in [2.45, 2.75) is 19.9 Å². The van der Waals surface area contributed by atoms with Gasteiger partial charge in [0.15, 0.2) is 11.6 Å². The third kappa shape index (κ3) is 4.38. The van der Waals surface area contributed by atoms with Crippen LogP contribution in [0.1, 0.15) is 25.5 Å². The van der Waals surface area contributed by atoms with E-state index in [1.165, 1.54) is 12.1 Å². The van der Waals surface area contributed by atoms with E-state index in [9.17, 15) is 9.18 Å². The normalized spacial score (nSPS) is 12.0. The molecular formula is C14H21FN2O3. The molecule has 0 aliphatic rings. The van der Waals surface area contributed by atoms with Crippen molar-refractivity contribution in [1.82, 2.24) is 10.2 Å². The number of carbonyl (C=O) groups excluding carboxylic acids is 1. The molecule has 1 aromatic rings. The standard InChI is InChI=1S/C14H21FN2O3/c1-4-17(7-8-20-3)14(19)16-10(2)11-5-6-13(18)12(15)9-11/h5-6,9-10,18H,4,7-8H2,1-3H3,(H,16,19). The summed E-state index contributed by atoms with van der Waals surface area (Å²) >= 11 is 0. The smallest absolute Gasteiger partial charge is 0.317 e. The average Bonchev–Trinajstić information content (AvgIpc) is 2.42. The zero-order valence-electron chi connectivity index (χ0n) is 12.0. The predicted molar refractivity (Wildman–Crippen MR) is 74.1 cm³/mol. The number of carbonyl (C=O) groups is 1. The van der Waals surface area contributed by atoms with Gasteiger partial charge in [-0.05, 0) is 31.5 Å². The van der Waals surface area contributed by atoms with Crippen LogP contribution in [0.5, 0.6) is 5.75 Å². The van der Waals surface area contributed by atoms with Gasteiger partial charge in [-0.2, -0.15) is 0 Å². The number of rotatable bonds is 6. The largest absolute Gasteiger partial charge is 0.505 e. The van der Waals surface area contributed by atoms with E-state index in [2.05, 4.69) is 5.32 Å². The Morgan fingerprint density at radius 3 is 2.80 bits per heavy atom. The fourth-order valence-electron chi connectivity index (χ4n) is 1.76. The number of aromatic hydroxyl groups is 1. The highest BCUT2D eigenvalue weighted by Crippen LogP contribution is 2.20. The number of phenols is 1. The van der Waals surface area contributed by atoms with E-state index in [4.69, 9.17) is 9.84 Å². The first kappa shape index (κ1) is 16.2. The monoisotopic (exact) mass is 284 g/mol. The molecule has 0 bridgehead atoms. The van der Waals surface area contributed by atoms with Gasteiger partial charge in [0.25, 0.3) is 0 Å². The summed E-state index contributed by atoms with van der Waals surface area (Å²) in [4.78, 5) is 13.6. The maximum atomic E-state index is 13.3. The van der Waals surface area contributed by atoms with Crippen molar-refractivity contribution in [3.8, 4) is 5.75 Å². The highest BCUT2D eigenvalue weighted by Gasteiger charge is 2.16. The Hall–Kier alpha value is -1.82. The van der Waals surface area contributed by atoms with Gasteiger partial charge in [0.05, 0.1) is 12.6 Å². The van der Waals surface area contributed by atoms with Crippen LogP contribution in [0.3, 0.4) is 0 Å². The molecule has 1 aromatic carbocycles. The topological polar surface area (TPSA) is 61.8 Å². The number of nitrogens with zero attached hydrogens (tertiary/aromatic N) is 1. The molecule has 0 saturated heterocycles. The summed E-state index contributed by atoms with van der Waals surface area (Å²) in [6, 6.07) is 3.48. The Bertz CT molecular complexity index is 454. The molecule has 112 valence electrons. The SMILES string of the molecule is CCN(CCOC)C(=O)NC(C)c1ccc(O)c(F)c1. The van der Waals surface area contributed by atoms with Gasteiger partial charge in [-0.25, -0.2) is 9.18 Å². The van der Waals surface area contributed by atoms with Crippen LogP contribution in [-0.2, 0) is 4.74 Å². The van der Waals surface area contributed by atoms with Crippen molar-refractivity contribution in [2.75, 3.05) is 26.8 Å². The Morgan fingerprint density at radius 1 is 1.55 bits per heavy atom. The molecule has 20 heavy (non-hydrogen) atoms. The van der Waals surface area contributed by atoms with Crippen LogP contribution >= 0.6 is 0 Å². The Morgan fingerprint density at radius 2 is 2.25 bits per heavy atom. The van der Waals surface area contributed by atoms with E-state index in [-0.39, 0.29) is 12.1 Å². The van der Waals surface area contributed by atoms with Gasteiger partial charge < -0.3 is 20.1 Å². The minimum absolute atomic E-state index is 0.231. The second kappa shape index (κ2) is 7.69. The molecule has 2 amide bonds. The quantitative estimate of drug-likeness (QED) is 0.842. The fraction of sp³-hybridized carbons (Fsp3) is 0.500. The van der Waals surface area contributed by atoms with Gasteiger partial charge in [0, 0.05) is 20.2 Å². The highest BCUT2D eigenvalue weighted by molar-refractivity contribution is 5.74. The number of hydrogen-bond acceptors (Lipinski definition) is 3. The van der Waals surface area contributed by atoms with Crippen molar-refractivity contribution in [1.29, 1.82) is 0 Å². The van der Waals surface area contributed by atoms with Crippen molar-refractivity contribution >= 4 is 6.03 Å². The van der Waals surface area contributed by atoms with Crippen molar-refractivity contribution < 1.29 is 19.0 Å². The molecule has 0 heterocycles. The number of urea groups is 1. The molecule has 0 aliphatic heterocycles. The molecule has 0 spiro atoms. The van der Waals surface area contributed by atoms with Gasteiger partial charge in [0.1, 0.15) is 0 Å². The second-order valence-corrected chi connectivity index (χ2v) is 4.45. The van der Waals surface area contributed by atoms with E-state index >= 15 is 0 Å². The average molecular weight is 284 g/mol. The predicted octanol–water partition coefficient (Wildman–Crippen LogP) is 2.27. The van der Waals surface area contributed by atoms with Crippen molar-refractivity contribution in [3.05, 3.63) is 29.6 Å². The van der Waals surface area contributed by atoms with Gasteiger partial charge in [0.2, 0.25) is 0 Å². The van der Waals surface area contributed by atoms with Crippen LogP contribution < -0.4 is 5.32 Å². The molecule has 6 heteroatoms. The summed E-state index contributed by atoms with van der Waals surface area (Å²) in [5, 5.41) is 11.9. The first-order valence-electron chi connectivity index (χ1n) is 6.52. The van der Waals surface area contributed by atoms with Crippen LogP contribution in [-0.4, -0.2) is 42.8 Å². The van der Waals surface area contributed by atoms with Crippen LogP contribution in [0, 0.1) is 5.82 Å². The Balaban J connectivity index is 2.66. The number of hydrogen-bond donors (Lipinski definition) is 2. The number of likely N-dealkylation sites (N-methyl/N-ethyl adjacent to an activating group) is 1. The van der Waals surface area contributed by atoms with Gasteiger partial charge >= 0.3 is 6.03 Å². The van der Waals surface area contributed by atoms with Crippen LogP contribution in [0.4, 0.5) is 9.18 Å². The summed E-state index contributed by atoms with van der Waals surface area (Å²) in [7, 11) is 1.58. The number of halogens is 1. The van der Waals surface area contributed by atoms with Crippen LogP contribution in [0.2, 0.25) is 0 Å². The zero-order chi connectivity index (χ0) is 15.1. The lowest BCUT2D eigenvalue weighted by molar-refractivity contribution is 0.150. The minimum Gasteiger partial charge on any atom is -0.505 e. The summed E-state index contributed by atoms with van der Waals surface area (Å²) in [5.41, 5.74) is 0.594. The fourth-order valence-corrected chi connectivity index (χ4v) is 1.76.